The first kappa shape index (κ1) is 20.1. The summed E-state index contributed by atoms with van der Waals surface area (Å²) >= 11 is 0. The number of carbonyl (C=O) groups excluding carboxylic acids is 1. The van der Waals surface area contributed by atoms with E-state index in [0.29, 0.717) is 18.9 Å². The molecule has 0 aliphatic carbocycles. The standard InChI is InChI=1S/C23H22F2N4O/c1-23(24,25)18-9-10-20(28-21(18)22(30)17-8-5-11-26-14-17)29-13-12-27-19(15-29)16-6-3-2-4-7-16/h2-11,14,19,27H,12-13,15H2,1H3. The van der Waals surface area contributed by atoms with Crippen LogP contribution in [0, 0.1) is 0 Å². The number of anilines is 1. The van der Waals surface area contributed by atoms with Crippen LogP contribution in [-0.2, 0) is 5.92 Å². The fourth-order valence-electron chi connectivity index (χ4n) is 3.65. The topological polar surface area (TPSA) is 58.1 Å². The number of hydrogen-bond donors (Lipinski definition) is 1. The van der Waals surface area contributed by atoms with Gasteiger partial charge < -0.3 is 10.2 Å². The maximum atomic E-state index is 14.2. The van der Waals surface area contributed by atoms with E-state index in [0.717, 1.165) is 19.0 Å². The second-order valence-corrected chi connectivity index (χ2v) is 7.39. The second kappa shape index (κ2) is 8.28. The molecule has 3 aromatic rings. The van der Waals surface area contributed by atoms with E-state index in [1.807, 2.05) is 35.2 Å². The van der Waals surface area contributed by atoms with Gasteiger partial charge in [-0.1, -0.05) is 30.3 Å². The number of ketones is 1. The van der Waals surface area contributed by atoms with Crippen molar-refractivity contribution in [1.29, 1.82) is 0 Å². The second-order valence-electron chi connectivity index (χ2n) is 7.39. The van der Waals surface area contributed by atoms with Crippen LogP contribution in [0.3, 0.4) is 0 Å². The van der Waals surface area contributed by atoms with E-state index in [-0.39, 0.29) is 22.9 Å². The Kier molecular flexibility index (Phi) is 5.55. The Morgan fingerprint density at radius 2 is 1.93 bits per heavy atom. The molecule has 4 rings (SSSR count). The lowest BCUT2D eigenvalue weighted by Crippen LogP contribution is -2.46. The smallest absolute Gasteiger partial charge is 0.272 e. The van der Waals surface area contributed by atoms with Gasteiger partial charge in [0.2, 0.25) is 5.78 Å². The average molecular weight is 408 g/mol. The maximum absolute atomic E-state index is 14.2. The number of rotatable bonds is 5. The molecule has 0 radical (unpaired) electrons. The van der Waals surface area contributed by atoms with E-state index >= 15 is 0 Å². The number of pyridine rings is 2. The summed E-state index contributed by atoms with van der Waals surface area (Å²) in [5.74, 6) is -3.23. The van der Waals surface area contributed by atoms with Gasteiger partial charge in [0.05, 0.1) is 5.56 Å². The van der Waals surface area contributed by atoms with Crippen molar-refractivity contribution in [3.63, 3.8) is 0 Å². The molecular weight excluding hydrogens is 386 g/mol. The van der Waals surface area contributed by atoms with Gasteiger partial charge in [-0.15, -0.1) is 0 Å². The van der Waals surface area contributed by atoms with E-state index in [1.54, 1.807) is 18.2 Å². The van der Waals surface area contributed by atoms with Crippen LogP contribution >= 0.6 is 0 Å². The fraction of sp³-hybridized carbons (Fsp3) is 0.261. The first-order chi connectivity index (χ1) is 14.4. The lowest BCUT2D eigenvalue weighted by molar-refractivity contribution is 0.0161. The monoisotopic (exact) mass is 408 g/mol. The molecule has 1 aromatic carbocycles. The Bertz CT molecular complexity index is 1020. The van der Waals surface area contributed by atoms with Gasteiger partial charge in [0.25, 0.3) is 5.92 Å². The van der Waals surface area contributed by atoms with E-state index in [1.165, 1.54) is 18.5 Å². The van der Waals surface area contributed by atoms with Gasteiger partial charge in [-0.05, 0) is 29.8 Å². The largest absolute Gasteiger partial charge is 0.353 e. The van der Waals surface area contributed by atoms with E-state index in [9.17, 15) is 13.6 Å². The molecule has 2 aromatic heterocycles. The van der Waals surface area contributed by atoms with E-state index in [2.05, 4.69) is 15.3 Å². The van der Waals surface area contributed by atoms with Crippen LogP contribution in [0.1, 0.15) is 40.1 Å². The first-order valence-electron chi connectivity index (χ1n) is 9.81. The first-order valence-corrected chi connectivity index (χ1v) is 9.81. The predicted octanol–water partition coefficient (Wildman–Crippen LogP) is 3.97. The molecule has 5 nitrogen and oxygen atoms in total. The lowest BCUT2D eigenvalue weighted by atomic mass is 10.0. The zero-order chi connectivity index (χ0) is 21.1. The number of alkyl halides is 2. The van der Waals surface area contributed by atoms with Crippen LogP contribution in [-0.4, -0.2) is 35.4 Å². The molecular formula is C23H22F2N4O. The Morgan fingerprint density at radius 3 is 2.63 bits per heavy atom. The van der Waals surface area contributed by atoms with Gasteiger partial charge in [0, 0.05) is 50.6 Å². The van der Waals surface area contributed by atoms with Gasteiger partial charge in [-0.2, -0.15) is 0 Å². The average Bonchev–Trinajstić information content (AvgIpc) is 2.79. The number of piperazine rings is 1. The van der Waals surface area contributed by atoms with Crippen molar-refractivity contribution in [2.75, 3.05) is 24.5 Å². The van der Waals surface area contributed by atoms with Crippen molar-refractivity contribution in [3.05, 3.63) is 89.4 Å². The molecule has 1 saturated heterocycles. The van der Waals surface area contributed by atoms with Crippen LogP contribution in [0.2, 0.25) is 0 Å². The molecule has 1 N–H and O–H groups in total. The minimum atomic E-state index is -3.19. The van der Waals surface area contributed by atoms with E-state index < -0.39 is 11.7 Å². The van der Waals surface area contributed by atoms with Crippen molar-refractivity contribution in [3.8, 4) is 0 Å². The molecule has 0 amide bonds. The molecule has 0 bridgehead atoms. The molecule has 1 unspecified atom stereocenters. The minimum Gasteiger partial charge on any atom is -0.353 e. The minimum absolute atomic E-state index is 0.0894. The van der Waals surface area contributed by atoms with Crippen molar-refractivity contribution in [2.45, 2.75) is 18.9 Å². The van der Waals surface area contributed by atoms with Gasteiger partial charge in [-0.25, -0.2) is 13.8 Å². The number of carbonyl (C=O) groups is 1. The third-order valence-corrected chi connectivity index (χ3v) is 5.19. The molecule has 1 aliphatic heterocycles. The number of halogens is 2. The highest BCUT2D eigenvalue weighted by Gasteiger charge is 2.33. The van der Waals surface area contributed by atoms with Gasteiger partial charge in [0.1, 0.15) is 11.5 Å². The molecule has 0 saturated carbocycles. The van der Waals surface area contributed by atoms with Crippen molar-refractivity contribution < 1.29 is 13.6 Å². The van der Waals surface area contributed by atoms with Crippen LogP contribution in [0.25, 0.3) is 0 Å². The third kappa shape index (κ3) is 4.21. The number of nitrogens with zero attached hydrogens (tertiary/aromatic N) is 3. The summed E-state index contributed by atoms with van der Waals surface area (Å²) in [5.41, 5.74) is 0.762. The molecule has 1 atom stereocenters. The highest BCUT2D eigenvalue weighted by atomic mass is 19.3. The normalized spacial score (nSPS) is 17.0. The number of nitrogens with one attached hydrogen (secondary N) is 1. The van der Waals surface area contributed by atoms with Gasteiger partial charge in [0.15, 0.2) is 0 Å². The molecule has 30 heavy (non-hydrogen) atoms. The Hall–Kier alpha value is -3.19. The summed E-state index contributed by atoms with van der Waals surface area (Å²) in [6, 6.07) is 16.1. The van der Waals surface area contributed by atoms with Gasteiger partial charge in [-0.3, -0.25) is 9.78 Å². The van der Waals surface area contributed by atoms with Crippen molar-refractivity contribution >= 4 is 11.6 Å². The number of aromatic nitrogens is 2. The molecule has 154 valence electrons. The third-order valence-electron chi connectivity index (χ3n) is 5.19. The number of benzene rings is 1. The molecule has 1 aliphatic rings. The Labute approximate surface area is 173 Å². The number of hydrogen-bond acceptors (Lipinski definition) is 5. The van der Waals surface area contributed by atoms with Crippen molar-refractivity contribution in [1.82, 2.24) is 15.3 Å². The quantitative estimate of drug-likeness (QED) is 0.648. The molecule has 3 heterocycles. The summed E-state index contributed by atoms with van der Waals surface area (Å²) in [5, 5.41) is 3.47. The zero-order valence-electron chi connectivity index (χ0n) is 16.6. The van der Waals surface area contributed by atoms with Crippen molar-refractivity contribution in [2.24, 2.45) is 0 Å². The molecule has 1 fully saturated rings. The lowest BCUT2D eigenvalue weighted by Gasteiger charge is -2.35. The SMILES string of the molecule is CC(F)(F)c1ccc(N2CCNC(c3ccccc3)C2)nc1C(=O)c1cccnc1. The Balaban J connectivity index is 1.68. The summed E-state index contributed by atoms with van der Waals surface area (Å²) in [6.07, 6.45) is 2.89. The molecule has 7 heteroatoms. The van der Waals surface area contributed by atoms with Gasteiger partial charge >= 0.3 is 0 Å². The van der Waals surface area contributed by atoms with Crippen LogP contribution in [0.5, 0.6) is 0 Å². The summed E-state index contributed by atoms with van der Waals surface area (Å²) < 4.78 is 28.4. The maximum Gasteiger partial charge on any atom is 0.272 e. The van der Waals surface area contributed by atoms with Crippen LogP contribution < -0.4 is 10.2 Å². The van der Waals surface area contributed by atoms with Crippen LogP contribution in [0.4, 0.5) is 14.6 Å². The zero-order valence-corrected chi connectivity index (χ0v) is 16.6. The summed E-state index contributed by atoms with van der Waals surface area (Å²) in [4.78, 5) is 23.3. The van der Waals surface area contributed by atoms with E-state index in [4.69, 9.17) is 0 Å². The highest BCUT2D eigenvalue weighted by molar-refractivity contribution is 6.08. The summed E-state index contributed by atoms with van der Waals surface area (Å²) in [7, 11) is 0. The predicted molar refractivity (Wildman–Crippen MR) is 111 cm³/mol. The Morgan fingerprint density at radius 1 is 1.13 bits per heavy atom. The van der Waals surface area contributed by atoms with Crippen LogP contribution in [0.15, 0.2) is 67.0 Å². The fourth-order valence-corrected chi connectivity index (χ4v) is 3.65. The molecule has 0 spiro atoms. The highest BCUT2D eigenvalue weighted by Crippen LogP contribution is 2.32. The summed E-state index contributed by atoms with van der Waals surface area (Å²) in [6.45, 7) is 2.79.